The first kappa shape index (κ1) is 25.6. The molecule has 1 nitrogen and oxygen atoms in total. The average molecular weight is 373 g/mol. The SMILES string of the molecule is CC(C)=CCCC(C)=CCCC(C)=CCCC(C)=CCCC(=O)C(C)(C)C. The summed E-state index contributed by atoms with van der Waals surface area (Å²) in [6.45, 7) is 17.0. The van der Waals surface area contributed by atoms with Crippen molar-refractivity contribution in [1.82, 2.24) is 0 Å². The van der Waals surface area contributed by atoms with Crippen LogP contribution in [0.1, 0.15) is 107 Å². The standard InChI is InChI=1S/C26H44O/c1-21(2)13-9-14-22(3)15-10-16-23(4)17-11-18-24(5)19-12-20-25(27)26(6,7)8/h13,15,17,19H,9-12,14,16,18,20H2,1-8H3. The van der Waals surface area contributed by atoms with Crippen LogP contribution in [-0.2, 0) is 4.79 Å². The maximum atomic E-state index is 11.9. The van der Waals surface area contributed by atoms with E-state index in [1.807, 2.05) is 20.8 Å². The van der Waals surface area contributed by atoms with Gasteiger partial charge < -0.3 is 0 Å². The zero-order valence-corrected chi connectivity index (χ0v) is 19.4. The molecule has 0 radical (unpaired) electrons. The molecule has 0 aromatic carbocycles. The van der Waals surface area contributed by atoms with Gasteiger partial charge in [0.15, 0.2) is 0 Å². The second-order valence-corrected chi connectivity index (χ2v) is 9.26. The molecular formula is C26H44O. The normalized spacial score (nSPS) is 13.7. The summed E-state index contributed by atoms with van der Waals surface area (Å²) in [4.78, 5) is 11.9. The topological polar surface area (TPSA) is 17.1 Å². The maximum Gasteiger partial charge on any atom is 0.138 e. The molecule has 27 heavy (non-hydrogen) atoms. The zero-order valence-electron chi connectivity index (χ0n) is 19.4. The Labute approximate surface area is 169 Å². The van der Waals surface area contributed by atoms with Gasteiger partial charge in [-0.1, -0.05) is 67.4 Å². The monoisotopic (exact) mass is 372 g/mol. The number of hydrogen-bond acceptors (Lipinski definition) is 1. The van der Waals surface area contributed by atoms with Crippen LogP contribution in [0.5, 0.6) is 0 Å². The minimum Gasteiger partial charge on any atom is -0.299 e. The smallest absolute Gasteiger partial charge is 0.138 e. The number of allylic oxidation sites excluding steroid dienone is 8. The third kappa shape index (κ3) is 15.4. The van der Waals surface area contributed by atoms with Crippen molar-refractivity contribution in [1.29, 1.82) is 0 Å². The third-order valence-electron chi connectivity index (χ3n) is 4.85. The molecule has 0 aliphatic rings. The van der Waals surface area contributed by atoms with Gasteiger partial charge in [0.25, 0.3) is 0 Å². The highest BCUT2D eigenvalue weighted by Crippen LogP contribution is 2.19. The van der Waals surface area contributed by atoms with Crippen molar-refractivity contribution in [3.63, 3.8) is 0 Å². The number of ketones is 1. The summed E-state index contributed by atoms with van der Waals surface area (Å²) in [6, 6.07) is 0. The number of hydrogen-bond donors (Lipinski definition) is 0. The second kappa shape index (κ2) is 13.7. The molecule has 1 heteroatoms. The fourth-order valence-corrected chi connectivity index (χ4v) is 2.81. The predicted octanol–water partition coefficient (Wildman–Crippen LogP) is 8.53. The minimum absolute atomic E-state index is 0.208. The first-order chi connectivity index (χ1) is 12.5. The van der Waals surface area contributed by atoms with Gasteiger partial charge in [-0.05, 0) is 79.6 Å². The van der Waals surface area contributed by atoms with E-state index >= 15 is 0 Å². The highest BCUT2D eigenvalue weighted by atomic mass is 16.1. The van der Waals surface area contributed by atoms with Crippen LogP contribution in [0.2, 0.25) is 0 Å². The van der Waals surface area contributed by atoms with E-state index in [1.165, 1.54) is 28.7 Å². The molecule has 0 bridgehead atoms. The summed E-state index contributed by atoms with van der Waals surface area (Å²) in [6.07, 6.45) is 17.7. The molecule has 154 valence electrons. The van der Waals surface area contributed by atoms with Gasteiger partial charge in [-0.25, -0.2) is 0 Å². The first-order valence-electron chi connectivity index (χ1n) is 10.7. The second-order valence-electron chi connectivity index (χ2n) is 9.26. The van der Waals surface area contributed by atoms with Crippen molar-refractivity contribution in [2.75, 3.05) is 0 Å². The van der Waals surface area contributed by atoms with Gasteiger partial charge in [-0.3, -0.25) is 4.79 Å². The molecule has 0 saturated heterocycles. The molecule has 0 N–H and O–H groups in total. The predicted molar refractivity (Wildman–Crippen MR) is 122 cm³/mol. The van der Waals surface area contributed by atoms with E-state index in [1.54, 1.807) is 0 Å². The van der Waals surface area contributed by atoms with Crippen LogP contribution in [0.3, 0.4) is 0 Å². The Hall–Kier alpha value is -1.37. The van der Waals surface area contributed by atoms with Crippen LogP contribution in [0.25, 0.3) is 0 Å². The Morgan fingerprint density at radius 1 is 0.593 bits per heavy atom. The maximum absolute atomic E-state index is 11.9. The summed E-state index contributed by atoms with van der Waals surface area (Å²) in [5.41, 5.74) is 5.59. The van der Waals surface area contributed by atoms with Crippen molar-refractivity contribution in [2.24, 2.45) is 5.41 Å². The van der Waals surface area contributed by atoms with E-state index in [0.717, 1.165) is 38.5 Å². The van der Waals surface area contributed by atoms with E-state index < -0.39 is 0 Å². The molecule has 0 atom stereocenters. The molecule has 0 heterocycles. The van der Waals surface area contributed by atoms with Crippen LogP contribution < -0.4 is 0 Å². The Bertz CT molecular complexity index is 558. The lowest BCUT2D eigenvalue weighted by Gasteiger charge is -2.15. The van der Waals surface area contributed by atoms with Crippen molar-refractivity contribution in [3.05, 3.63) is 46.6 Å². The highest BCUT2D eigenvalue weighted by molar-refractivity contribution is 5.83. The fourth-order valence-electron chi connectivity index (χ4n) is 2.81. The third-order valence-corrected chi connectivity index (χ3v) is 4.85. The number of Topliss-reactive ketones (excluding diaryl/α,β-unsaturated/α-hetero) is 1. The molecule has 0 aromatic heterocycles. The molecule has 0 saturated carbocycles. The lowest BCUT2D eigenvalue weighted by atomic mass is 9.88. The summed E-state index contributed by atoms with van der Waals surface area (Å²) < 4.78 is 0. The van der Waals surface area contributed by atoms with Crippen LogP contribution >= 0.6 is 0 Å². The number of rotatable bonds is 12. The van der Waals surface area contributed by atoms with Crippen LogP contribution in [0, 0.1) is 5.41 Å². The van der Waals surface area contributed by atoms with Gasteiger partial charge in [0.2, 0.25) is 0 Å². The van der Waals surface area contributed by atoms with E-state index in [-0.39, 0.29) is 5.41 Å². The Morgan fingerprint density at radius 3 is 1.26 bits per heavy atom. The zero-order chi connectivity index (χ0) is 20.9. The quantitative estimate of drug-likeness (QED) is 0.314. The van der Waals surface area contributed by atoms with Crippen molar-refractivity contribution < 1.29 is 4.79 Å². The fraction of sp³-hybridized carbons (Fsp3) is 0.654. The lowest BCUT2D eigenvalue weighted by Crippen LogP contribution is -2.19. The van der Waals surface area contributed by atoms with Crippen LogP contribution in [0.4, 0.5) is 0 Å². The minimum atomic E-state index is -0.208. The van der Waals surface area contributed by atoms with Gasteiger partial charge in [-0.15, -0.1) is 0 Å². The van der Waals surface area contributed by atoms with Gasteiger partial charge in [0.1, 0.15) is 5.78 Å². The Balaban J connectivity index is 4.09. The van der Waals surface area contributed by atoms with Gasteiger partial charge >= 0.3 is 0 Å². The summed E-state index contributed by atoms with van der Waals surface area (Å²) in [7, 11) is 0. The van der Waals surface area contributed by atoms with E-state index in [2.05, 4.69) is 58.9 Å². The largest absolute Gasteiger partial charge is 0.299 e. The molecular weight excluding hydrogens is 328 g/mol. The van der Waals surface area contributed by atoms with Crippen molar-refractivity contribution in [2.45, 2.75) is 107 Å². The van der Waals surface area contributed by atoms with Gasteiger partial charge in [-0.2, -0.15) is 0 Å². The molecule has 0 amide bonds. The van der Waals surface area contributed by atoms with Crippen molar-refractivity contribution in [3.8, 4) is 0 Å². The molecule has 0 rings (SSSR count). The lowest BCUT2D eigenvalue weighted by molar-refractivity contribution is -0.126. The van der Waals surface area contributed by atoms with Gasteiger partial charge in [0.05, 0.1) is 0 Å². The van der Waals surface area contributed by atoms with Crippen molar-refractivity contribution >= 4 is 5.78 Å². The highest BCUT2D eigenvalue weighted by Gasteiger charge is 2.19. The molecule has 0 spiro atoms. The van der Waals surface area contributed by atoms with E-state index in [4.69, 9.17) is 0 Å². The first-order valence-corrected chi connectivity index (χ1v) is 10.7. The molecule has 0 aliphatic heterocycles. The average Bonchev–Trinajstić information content (AvgIpc) is 2.53. The summed E-state index contributed by atoms with van der Waals surface area (Å²) in [5.74, 6) is 0.353. The number of carbonyl (C=O) groups is 1. The summed E-state index contributed by atoms with van der Waals surface area (Å²) >= 11 is 0. The van der Waals surface area contributed by atoms with E-state index in [9.17, 15) is 4.79 Å². The molecule has 0 aliphatic carbocycles. The van der Waals surface area contributed by atoms with Gasteiger partial charge in [0, 0.05) is 11.8 Å². The number of carbonyl (C=O) groups excluding carboxylic acids is 1. The molecule has 0 aromatic rings. The summed E-state index contributed by atoms with van der Waals surface area (Å²) in [5, 5.41) is 0. The molecule has 0 unspecified atom stereocenters. The Kier molecular flexibility index (Phi) is 13.0. The van der Waals surface area contributed by atoms with Crippen LogP contribution in [0.15, 0.2) is 46.6 Å². The van der Waals surface area contributed by atoms with Crippen LogP contribution in [-0.4, -0.2) is 5.78 Å². The van der Waals surface area contributed by atoms with E-state index in [0.29, 0.717) is 12.2 Å². The molecule has 0 fully saturated rings. The Morgan fingerprint density at radius 2 is 0.926 bits per heavy atom.